The fourth-order valence-electron chi connectivity index (χ4n) is 3.62. The zero-order valence-corrected chi connectivity index (χ0v) is 18.9. The summed E-state index contributed by atoms with van der Waals surface area (Å²) in [5, 5.41) is 0. The number of methoxy groups -OCH3 is 4. The third kappa shape index (κ3) is 4.25. The summed E-state index contributed by atoms with van der Waals surface area (Å²) in [6, 6.07) is 18.5. The molecule has 0 unspecified atom stereocenters. The van der Waals surface area contributed by atoms with Crippen molar-refractivity contribution in [1.82, 2.24) is 9.55 Å². The number of carbonyl (C=O) groups is 1. The van der Waals surface area contributed by atoms with E-state index < -0.39 is 0 Å². The molecule has 0 N–H and O–H groups in total. The third-order valence-electron chi connectivity index (χ3n) is 5.31. The maximum absolute atomic E-state index is 13.8. The van der Waals surface area contributed by atoms with Gasteiger partial charge in [0, 0.05) is 5.57 Å². The number of rotatable bonds is 7. The molecule has 0 aliphatic carbocycles. The summed E-state index contributed by atoms with van der Waals surface area (Å²) < 4.78 is 23.3. The molecule has 1 heterocycles. The van der Waals surface area contributed by atoms with Crippen LogP contribution in [-0.4, -0.2) is 43.9 Å². The van der Waals surface area contributed by atoms with Gasteiger partial charge in [0.25, 0.3) is 5.91 Å². The molecule has 0 aliphatic rings. The Bertz CT molecular complexity index is 1300. The second kappa shape index (κ2) is 9.48. The molecule has 4 rings (SSSR count). The molecule has 0 fully saturated rings. The Morgan fingerprint density at radius 2 is 1.52 bits per heavy atom. The molecule has 168 valence electrons. The van der Waals surface area contributed by atoms with E-state index >= 15 is 0 Å². The van der Waals surface area contributed by atoms with Crippen LogP contribution in [0.15, 0.2) is 67.0 Å². The Balaban J connectivity index is 1.91. The van der Waals surface area contributed by atoms with Crippen molar-refractivity contribution < 1.29 is 23.7 Å². The molecule has 0 radical (unpaired) electrons. The zero-order valence-electron chi connectivity index (χ0n) is 18.9. The molecule has 7 nitrogen and oxygen atoms in total. The average Bonchev–Trinajstić information content (AvgIpc) is 3.30. The van der Waals surface area contributed by atoms with Crippen LogP contribution >= 0.6 is 0 Å². The van der Waals surface area contributed by atoms with E-state index in [0.29, 0.717) is 28.4 Å². The van der Waals surface area contributed by atoms with Gasteiger partial charge in [0.2, 0.25) is 5.75 Å². The number of aromatic nitrogens is 2. The molecule has 1 aromatic heterocycles. The van der Waals surface area contributed by atoms with E-state index in [4.69, 9.17) is 18.9 Å². The van der Waals surface area contributed by atoms with Crippen molar-refractivity contribution in [1.29, 1.82) is 0 Å². The van der Waals surface area contributed by atoms with Crippen LogP contribution in [0.4, 0.5) is 0 Å². The second-order valence-electron chi connectivity index (χ2n) is 7.15. The first kappa shape index (κ1) is 22.0. The highest BCUT2D eigenvalue weighted by molar-refractivity contribution is 6.26. The largest absolute Gasteiger partial charge is 0.497 e. The molecule has 4 aromatic rings. The molecule has 0 atom stereocenters. The molecule has 0 bridgehead atoms. The number of fused-ring (bicyclic) bond motifs is 1. The zero-order chi connectivity index (χ0) is 23.4. The van der Waals surface area contributed by atoms with Crippen molar-refractivity contribution in [2.45, 2.75) is 0 Å². The second-order valence-corrected chi connectivity index (χ2v) is 7.15. The fraction of sp³-hybridized carbons (Fsp3) is 0.154. The SMILES string of the molecule is COc1ccc(/C=C(/C(=O)n2cnc3ccccc32)c2cc(OC)c(OC)c(OC)c2)cc1. The van der Waals surface area contributed by atoms with E-state index in [1.807, 2.05) is 54.6 Å². The molecular formula is C26H24N2O5. The van der Waals surface area contributed by atoms with E-state index in [1.165, 1.54) is 18.0 Å². The number of para-hydroxylation sites is 2. The summed E-state index contributed by atoms with van der Waals surface area (Å²) in [6.45, 7) is 0. The van der Waals surface area contributed by atoms with Crippen molar-refractivity contribution >= 4 is 28.6 Å². The summed E-state index contributed by atoms with van der Waals surface area (Å²) in [6.07, 6.45) is 3.35. The number of allylic oxidation sites excluding steroid dienone is 1. The normalized spacial score (nSPS) is 11.3. The fourth-order valence-corrected chi connectivity index (χ4v) is 3.62. The van der Waals surface area contributed by atoms with Gasteiger partial charge in [-0.3, -0.25) is 9.36 Å². The molecule has 0 spiro atoms. The van der Waals surface area contributed by atoms with Gasteiger partial charge in [0.1, 0.15) is 12.1 Å². The predicted molar refractivity (Wildman–Crippen MR) is 127 cm³/mol. The van der Waals surface area contributed by atoms with Crippen molar-refractivity contribution in [3.63, 3.8) is 0 Å². The maximum atomic E-state index is 13.8. The lowest BCUT2D eigenvalue weighted by Crippen LogP contribution is -2.12. The van der Waals surface area contributed by atoms with Gasteiger partial charge in [-0.2, -0.15) is 0 Å². The molecule has 3 aromatic carbocycles. The van der Waals surface area contributed by atoms with E-state index in [0.717, 1.165) is 22.3 Å². The maximum Gasteiger partial charge on any atom is 0.264 e. The first-order valence-electron chi connectivity index (χ1n) is 10.2. The van der Waals surface area contributed by atoms with Crippen LogP contribution in [-0.2, 0) is 0 Å². The topological polar surface area (TPSA) is 71.8 Å². The average molecular weight is 444 g/mol. The molecule has 33 heavy (non-hydrogen) atoms. The highest BCUT2D eigenvalue weighted by Gasteiger charge is 2.21. The van der Waals surface area contributed by atoms with Gasteiger partial charge in [0.15, 0.2) is 11.5 Å². The van der Waals surface area contributed by atoms with Gasteiger partial charge in [-0.1, -0.05) is 24.3 Å². The van der Waals surface area contributed by atoms with Crippen LogP contribution in [0.3, 0.4) is 0 Å². The Hall–Kier alpha value is -4.26. The lowest BCUT2D eigenvalue weighted by molar-refractivity contribution is 0.0984. The highest BCUT2D eigenvalue weighted by atomic mass is 16.5. The first-order chi connectivity index (χ1) is 16.1. The Morgan fingerprint density at radius 3 is 2.12 bits per heavy atom. The summed E-state index contributed by atoms with van der Waals surface area (Å²) in [5.41, 5.74) is 3.33. The number of benzene rings is 3. The van der Waals surface area contributed by atoms with Gasteiger partial charge in [-0.15, -0.1) is 0 Å². The quantitative estimate of drug-likeness (QED) is 0.297. The number of imidazole rings is 1. The smallest absolute Gasteiger partial charge is 0.264 e. The van der Waals surface area contributed by atoms with Gasteiger partial charge in [-0.25, -0.2) is 4.98 Å². The predicted octanol–water partition coefficient (Wildman–Crippen LogP) is 4.95. The Labute approximate surface area is 191 Å². The van der Waals surface area contributed by atoms with Gasteiger partial charge >= 0.3 is 0 Å². The number of carbonyl (C=O) groups excluding carboxylic acids is 1. The van der Waals surface area contributed by atoms with Crippen LogP contribution < -0.4 is 18.9 Å². The highest BCUT2D eigenvalue weighted by Crippen LogP contribution is 2.40. The van der Waals surface area contributed by atoms with Gasteiger partial charge in [-0.05, 0) is 53.6 Å². The van der Waals surface area contributed by atoms with Crippen LogP contribution in [0.2, 0.25) is 0 Å². The standard InChI is InChI=1S/C26H24N2O5/c1-30-19-11-9-17(10-12-19)13-20(18-14-23(31-2)25(33-4)24(15-18)32-3)26(29)28-16-27-21-7-5-6-8-22(21)28/h5-16H,1-4H3/b20-13+. The number of nitrogens with zero attached hydrogens (tertiary/aromatic N) is 2. The minimum Gasteiger partial charge on any atom is -0.497 e. The van der Waals surface area contributed by atoms with E-state index in [-0.39, 0.29) is 5.91 Å². The van der Waals surface area contributed by atoms with Crippen LogP contribution in [0, 0.1) is 0 Å². The van der Waals surface area contributed by atoms with Crippen molar-refractivity contribution in [2.75, 3.05) is 28.4 Å². The van der Waals surface area contributed by atoms with Crippen molar-refractivity contribution in [2.24, 2.45) is 0 Å². The molecule has 0 saturated carbocycles. The number of ether oxygens (including phenoxy) is 4. The molecule has 0 aliphatic heterocycles. The summed E-state index contributed by atoms with van der Waals surface area (Å²) in [5.74, 6) is 1.85. The third-order valence-corrected chi connectivity index (χ3v) is 5.31. The number of hydrogen-bond donors (Lipinski definition) is 0. The minimum absolute atomic E-state index is 0.242. The van der Waals surface area contributed by atoms with E-state index in [9.17, 15) is 4.79 Å². The van der Waals surface area contributed by atoms with Crippen molar-refractivity contribution in [3.8, 4) is 23.0 Å². The Kier molecular flexibility index (Phi) is 6.31. The summed E-state index contributed by atoms with van der Waals surface area (Å²) in [7, 11) is 6.23. The molecule has 7 heteroatoms. The lowest BCUT2D eigenvalue weighted by Gasteiger charge is -2.16. The number of hydrogen-bond acceptors (Lipinski definition) is 6. The molecule has 0 saturated heterocycles. The van der Waals surface area contributed by atoms with E-state index in [1.54, 1.807) is 33.5 Å². The molecule has 0 amide bonds. The Morgan fingerprint density at radius 1 is 0.848 bits per heavy atom. The van der Waals surface area contributed by atoms with Gasteiger partial charge < -0.3 is 18.9 Å². The first-order valence-corrected chi connectivity index (χ1v) is 10.2. The summed E-state index contributed by atoms with van der Waals surface area (Å²) in [4.78, 5) is 18.2. The van der Waals surface area contributed by atoms with Crippen LogP contribution in [0.25, 0.3) is 22.7 Å². The lowest BCUT2D eigenvalue weighted by atomic mass is 10.0. The van der Waals surface area contributed by atoms with Crippen LogP contribution in [0.5, 0.6) is 23.0 Å². The minimum atomic E-state index is -0.242. The van der Waals surface area contributed by atoms with Crippen LogP contribution in [0.1, 0.15) is 15.9 Å². The van der Waals surface area contributed by atoms with Crippen molar-refractivity contribution in [3.05, 3.63) is 78.1 Å². The molecular weight excluding hydrogens is 420 g/mol. The van der Waals surface area contributed by atoms with Gasteiger partial charge in [0.05, 0.1) is 39.5 Å². The monoisotopic (exact) mass is 444 g/mol. The van der Waals surface area contributed by atoms with E-state index in [2.05, 4.69) is 4.98 Å². The summed E-state index contributed by atoms with van der Waals surface area (Å²) >= 11 is 0.